The van der Waals surface area contributed by atoms with Gasteiger partial charge in [-0.15, -0.1) is 11.8 Å². The number of hydrogen-bond donors (Lipinski definition) is 1. The highest BCUT2D eigenvalue weighted by atomic mass is 32.2. The van der Waals surface area contributed by atoms with E-state index in [1.54, 1.807) is 11.8 Å². The van der Waals surface area contributed by atoms with Gasteiger partial charge in [0.1, 0.15) is 6.54 Å². The molecule has 0 radical (unpaired) electrons. The van der Waals surface area contributed by atoms with Gasteiger partial charge in [0.2, 0.25) is 5.91 Å². The summed E-state index contributed by atoms with van der Waals surface area (Å²) in [5.74, 6) is -0.467. The minimum Gasteiger partial charge on any atom is -0.480 e. The first kappa shape index (κ1) is 15.6. The monoisotopic (exact) mass is 321 g/mol. The maximum Gasteiger partial charge on any atom is 0.323 e. The Balaban J connectivity index is 2.10. The zero-order chi connectivity index (χ0) is 14.8. The predicted octanol–water partition coefficient (Wildman–Crippen LogP) is 0.372. The number of amides is 1. The second kappa shape index (κ2) is 6.34. The van der Waals surface area contributed by atoms with Crippen LogP contribution in [0.15, 0.2) is 0 Å². The Morgan fingerprint density at radius 1 is 1.25 bits per heavy atom. The second-order valence-corrected chi connectivity index (χ2v) is 8.81. The molecule has 2 rings (SSSR count). The lowest BCUT2D eigenvalue weighted by Gasteiger charge is -2.31. The molecule has 2 unspecified atom stereocenters. The third-order valence-electron chi connectivity index (χ3n) is 3.69. The molecule has 114 valence electrons. The van der Waals surface area contributed by atoms with E-state index < -0.39 is 28.4 Å². The molecule has 2 atom stereocenters. The van der Waals surface area contributed by atoms with Crippen molar-refractivity contribution in [1.82, 2.24) is 4.90 Å². The van der Waals surface area contributed by atoms with Gasteiger partial charge in [0.05, 0.1) is 16.8 Å². The highest BCUT2D eigenvalue weighted by Gasteiger charge is 2.38. The van der Waals surface area contributed by atoms with Gasteiger partial charge < -0.3 is 10.0 Å². The van der Waals surface area contributed by atoms with Crippen LogP contribution in [0.2, 0.25) is 0 Å². The Hall–Kier alpha value is -0.760. The zero-order valence-electron chi connectivity index (χ0n) is 11.2. The number of carboxylic acids is 1. The van der Waals surface area contributed by atoms with Crippen molar-refractivity contribution in [2.24, 2.45) is 0 Å². The van der Waals surface area contributed by atoms with Crippen LogP contribution in [0.25, 0.3) is 0 Å². The molecule has 1 amide bonds. The summed E-state index contributed by atoms with van der Waals surface area (Å²) in [4.78, 5) is 24.7. The van der Waals surface area contributed by atoms with E-state index in [0.717, 1.165) is 25.0 Å². The molecule has 2 saturated heterocycles. The van der Waals surface area contributed by atoms with Gasteiger partial charge in [0.25, 0.3) is 0 Å². The average molecular weight is 321 g/mol. The molecule has 20 heavy (non-hydrogen) atoms. The van der Waals surface area contributed by atoms with E-state index in [1.807, 2.05) is 0 Å². The van der Waals surface area contributed by atoms with Crippen molar-refractivity contribution >= 4 is 33.5 Å². The SMILES string of the molecule is O=C(O)CN(C(=O)C1CCCCS1)C1CCS(=O)(=O)C1. The number of carbonyl (C=O) groups excluding carboxylic acids is 1. The summed E-state index contributed by atoms with van der Waals surface area (Å²) >= 11 is 1.55. The minimum atomic E-state index is -3.13. The minimum absolute atomic E-state index is 0.0406. The van der Waals surface area contributed by atoms with E-state index in [9.17, 15) is 18.0 Å². The molecule has 2 aliphatic rings. The zero-order valence-corrected chi connectivity index (χ0v) is 12.8. The summed E-state index contributed by atoms with van der Waals surface area (Å²) in [5.41, 5.74) is 0. The van der Waals surface area contributed by atoms with Gasteiger partial charge in [-0.2, -0.15) is 0 Å². The molecule has 0 aromatic heterocycles. The fourth-order valence-electron chi connectivity index (χ4n) is 2.67. The molecule has 2 heterocycles. The topological polar surface area (TPSA) is 91.8 Å². The molecule has 2 aliphatic heterocycles. The van der Waals surface area contributed by atoms with Gasteiger partial charge in [0, 0.05) is 6.04 Å². The first-order valence-electron chi connectivity index (χ1n) is 6.73. The van der Waals surface area contributed by atoms with Gasteiger partial charge in [-0.05, 0) is 25.0 Å². The lowest BCUT2D eigenvalue weighted by atomic mass is 10.1. The number of thioether (sulfide) groups is 1. The Morgan fingerprint density at radius 3 is 2.50 bits per heavy atom. The molecule has 0 aromatic rings. The summed E-state index contributed by atoms with van der Waals surface area (Å²) in [6, 6.07) is -0.480. The molecule has 0 bridgehead atoms. The highest BCUT2D eigenvalue weighted by Crippen LogP contribution is 2.28. The molecule has 0 saturated carbocycles. The van der Waals surface area contributed by atoms with Gasteiger partial charge in [-0.1, -0.05) is 6.42 Å². The number of aliphatic carboxylic acids is 1. The Bertz CT molecular complexity index is 484. The Morgan fingerprint density at radius 2 is 2.00 bits per heavy atom. The summed E-state index contributed by atoms with van der Waals surface area (Å²) in [7, 11) is -3.13. The number of rotatable bonds is 4. The van der Waals surface area contributed by atoms with Crippen LogP contribution in [-0.2, 0) is 19.4 Å². The maximum atomic E-state index is 12.5. The Labute approximate surface area is 122 Å². The maximum absolute atomic E-state index is 12.5. The van der Waals surface area contributed by atoms with E-state index in [1.165, 1.54) is 4.90 Å². The Kier molecular flexibility index (Phi) is 4.95. The fourth-order valence-corrected chi connectivity index (χ4v) is 5.67. The quantitative estimate of drug-likeness (QED) is 0.804. The van der Waals surface area contributed by atoms with Crippen LogP contribution in [-0.4, -0.2) is 65.4 Å². The molecule has 8 heteroatoms. The smallest absolute Gasteiger partial charge is 0.323 e. The standard InChI is InChI=1S/C12H19NO5S2/c14-11(15)7-13(9-4-6-20(17,18)8-9)12(16)10-3-1-2-5-19-10/h9-10H,1-8H2,(H,14,15). The third kappa shape index (κ3) is 3.88. The molecule has 0 aromatic carbocycles. The van der Waals surface area contributed by atoms with Crippen LogP contribution in [0, 0.1) is 0 Å². The average Bonchev–Trinajstić information content (AvgIpc) is 2.76. The van der Waals surface area contributed by atoms with Gasteiger partial charge in [0.15, 0.2) is 9.84 Å². The first-order valence-corrected chi connectivity index (χ1v) is 9.60. The van der Waals surface area contributed by atoms with Crippen LogP contribution in [0.1, 0.15) is 25.7 Å². The number of carbonyl (C=O) groups is 2. The molecule has 0 spiro atoms. The molecule has 2 fully saturated rings. The summed E-state index contributed by atoms with van der Waals surface area (Å²) in [6.45, 7) is -0.407. The number of carboxylic acid groups (broad SMARTS) is 1. The van der Waals surface area contributed by atoms with E-state index in [2.05, 4.69) is 0 Å². The van der Waals surface area contributed by atoms with Crippen LogP contribution >= 0.6 is 11.8 Å². The van der Waals surface area contributed by atoms with Crippen molar-refractivity contribution in [3.05, 3.63) is 0 Å². The van der Waals surface area contributed by atoms with Gasteiger partial charge in [-0.25, -0.2) is 8.42 Å². The van der Waals surface area contributed by atoms with E-state index in [4.69, 9.17) is 5.11 Å². The van der Waals surface area contributed by atoms with Crippen molar-refractivity contribution in [2.75, 3.05) is 23.8 Å². The molecule has 0 aliphatic carbocycles. The third-order valence-corrected chi connectivity index (χ3v) is 6.81. The molecule has 6 nitrogen and oxygen atoms in total. The van der Waals surface area contributed by atoms with Crippen LogP contribution in [0.3, 0.4) is 0 Å². The molecule has 1 N–H and O–H groups in total. The summed E-state index contributed by atoms with van der Waals surface area (Å²) < 4.78 is 23.1. The van der Waals surface area contributed by atoms with Crippen molar-refractivity contribution < 1.29 is 23.1 Å². The van der Waals surface area contributed by atoms with E-state index in [-0.39, 0.29) is 22.7 Å². The summed E-state index contributed by atoms with van der Waals surface area (Å²) in [6.07, 6.45) is 3.14. The van der Waals surface area contributed by atoms with Crippen molar-refractivity contribution in [1.29, 1.82) is 0 Å². The van der Waals surface area contributed by atoms with Crippen molar-refractivity contribution in [2.45, 2.75) is 37.0 Å². The number of hydrogen-bond acceptors (Lipinski definition) is 5. The molecular formula is C12H19NO5S2. The number of nitrogens with zero attached hydrogens (tertiary/aromatic N) is 1. The van der Waals surface area contributed by atoms with Crippen molar-refractivity contribution in [3.63, 3.8) is 0 Å². The van der Waals surface area contributed by atoms with E-state index >= 15 is 0 Å². The van der Waals surface area contributed by atoms with Crippen LogP contribution in [0.4, 0.5) is 0 Å². The first-order chi connectivity index (χ1) is 9.39. The fraction of sp³-hybridized carbons (Fsp3) is 0.833. The summed E-state index contributed by atoms with van der Waals surface area (Å²) in [5, 5.41) is 8.76. The lowest BCUT2D eigenvalue weighted by molar-refractivity contribution is -0.145. The van der Waals surface area contributed by atoms with Crippen molar-refractivity contribution in [3.8, 4) is 0 Å². The van der Waals surface area contributed by atoms with Crippen LogP contribution < -0.4 is 0 Å². The van der Waals surface area contributed by atoms with E-state index in [0.29, 0.717) is 6.42 Å². The van der Waals surface area contributed by atoms with Gasteiger partial charge in [-0.3, -0.25) is 9.59 Å². The van der Waals surface area contributed by atoms with Crippen LogP contribution in [0.5, 0.6) is 0 Å². The molecular weight excluding hydrogens is 302 g/mol. The largest absolute Gasteiger partial charge is 0.480 e. The van der Waals surface area contributed by atoms with Gasteiger partial charge >= 0.3 is 5.97 Å². The number of sulfone groups is 1. The normalized spacial score (nSPS) is 29.0. The predicted molar refractivity (Wildman–Crippen MR) is 76.5 cm³/mol. The lowest BCUT2D eigenvalue weighted by Crippen LogP contribution is -2.48. The highest BCUT2D eigenvalue weighted by molar-refractivity contribution is 8.00. The second-order valence-electron chi connectivity index (χ2n) is 5.27.